The summed E-state index contributed by atoms with van der Waals surface area (Å²) in [6, 6.07) is 8.10. The number of carbonyl (C=O) groups is 1. The van der Waals surface area contributed by atoms with Crippen LogP contribution < -0.4 is 11.1 Å². The van der Waals surface area contributed by atoms with Crippen molar-refractivity contribution >= 4 is 6.09 Å². The number of carbonyl (C=O) groups excluding carboxylic acids is 1. The molecule has 1 aliphatic rings. The lowest BCUT2D eigenvalue weighted by Crippen LogP contribution is -2.38. The first-order chi connectivity index (χ1) is 8.07. The number of benzene rings is 1. The molecule has 0 saturated carbocycles. The maximum atomic E-state index is 11.2. The van der Waals surface area contributed by atoms with Gasteiger partial charge in [-0.3, -0.25) is 0 Å². The van der Waals surface area contributed by atoms with E-state index in [0.29, 0.717) is 12.5 Å². The van der Waals surface area contributed by atoms with Gasteiger partial charge in [-0.2, -0.15) is 0 Å². The van der Waals surface area contributed by atoms with E-state index >= 15 is 0 Å². The van der Waals surface area contributed by atoms with Gasteiger partial charge in [-0.15, -0.1) is 0 Å². The van der Waals surface area contributed by atoms with Crippen LogP contribution in [0.5, 0.6) is 0 Å². The Morgan fingerprint density at radius 1 is 1.41 bits per heavy atom. The minimum absolute atomic E-state index is 0.284. The van der Waals surface area contributed by atoms with Crippen LogP contribution in [0.25, 0.3) is 0 Å². The van der Waals surface area contributed by atoms with Gasteiger partial charge >= 0.3 is 6.09 Å². The standard InChI is InChI=1S/C13H18N2O2/c1-9(2)10-3-5-11(6-4-10)13(7-14)8-15-12(16)17-13/h3-6,9H,7-8,14H2,1-2H3,(H,15,16). The number of hydrogen-bond donors (Lipinski definition) is 2. The van der Waals surface area contributed by atoms with Crippen LogP contribution in [0.3, 0.4) is 0 Å². The Labute approximate surface area is 101 Å². The van der Waals surface area contributed by atoms with Crippen molar-refractivity contribution in [2.75, 3.05) is 13.1 Å². The number of cyclic esters (lactones) is 1. The van der Waals surface area contributed by atoms with Crippen LogP contribution in [0.15, 0.2) is 24.3 Å². The zero-order valence-corrected chi connectivity index (χ0v) is 10.2. The third-order valence-electron chi connectivity index (χ3n) is 3.24. The maximum absolute atomic E-state index is 11.2. The molecule has 0 aromatic heterocycles. The van der Waals surface area contributed by atoms with E-state index in [0.717, 1.165) is 5.56 Å². The Balaban J connectivity index is 2.29. The van der Waals surface area contributed by atoms with Gasteiger partial charge in [0.15, 0.2) is 5.60 Å². The Morgan fingerprint density at radius 2 is 2.06 bits per heavy atom. The van der Waals surface area contributed by atoms with Gasteiger partial charge < -0.3 is 15.8 Å². The van der Waals surface area contributed by atoms with Gasteiger partial charge in [0.25, 0.3) is 0 Å². The first kappa shape index (κ1) is 11.9. The third kappa shape index (κ3) is 2.13. The van der Waals surface area contributed by atoms with Gasteiger partial charge in [-0.1, -0.05) is 38.1 Å². The predicted octanol–water partition coefficient (Wildman–Crippen LogP) is 1.70. The van der Waals surface area contributed by atoms with Crippen molar-refractivity contribution < 1.29 is 9.53 Å². The molecule has 1 atom stereocenters. The summed E-state index contributed by atoms with van der Waals surface area (Å²) in [5, 5.41) is 2.66. The molecular formula is C13H18N2O2. The van der Waals surface area contributed by atoms with Crippen LogP contribution in [0, 0.1) is 0 Å². The van der Waals surface area contributed by atoms with Crippen molar-refractivity contribution in [3.63, 3.8) is 0 Å². The topological polar surface area (TPSA) is 64.3 Å². The average Bonchev–Trinajstić information content (AvgIpc) is 2.72. The van der Waals surface area contributed by atoms with E-state index in [9.17, 15) is 4.79 Å². The van der Waals surface area contributed by atoms with E-state index in [1.807, 2.05) is 12.1 Å². The Bertz CT molecular complexity index is 414. The smallest absolute Gasteiger partial charge is 0.408 e. The summed E-state index contributed by atoms with van der Waals surface area (Å²) in [7, 11) is 0. The van der Waals surface area contributed by atoms with E-state index in [1.165, 1.54) is 5.56 Å². The molecule has 3 N–H and O–H groups in total. The molecular weight excluding hydrogens is 216 g/mol. The van der Waals surface area contributed by atoms with E-state index in [2.05, 4.69) is 31.3 Å². The molecule has 1 amide bonds. The van der Waals surface area contributed by atoms with E-state index < -0.39 is 11.7 Å². The van der Waals surface area contributed by atoms with Crippen molar-refractivity contribution in [3.05, 3.63) is 35.4 Å². The van der Waals surface area contributed by atoms with Gasteiger partial charge in [-0.05, 0) is 17.0 Å². The number of nitrogens with one attached hydrogen (secondary N) is 1. The number of ether oxygens (including phenoxy) is 1. The molecule has 92 valence electrons. The monoisotopic (exact) mass is 234 g/mol. The molecule has 4 nitrogen and oxygen atoms in total. The maximum Gasteiger partial charge on any atom is 0.408 e. The van der Waals surface area contributed by atoms with Crippen LogP contribution in [0.2, 0.25) is 0 Å². The lowest BCUT2D eigenvalue weighted by Gasteiger charge is -2.25. The van der Waals surface area contributed by atoms with E-state index in [-0.39, 0.29) is 6.54 Å². The molecule has 1 aromatic carbocycles. The molecule has 0 bridgehead atoms. The van der Waals surface area contributed by atoms with Gasteiger partial charge in [0.2, 0.25) is 0 Å². The van der Waals surface area contributed by atoms with Crippen molar-refractivity contribution in [2.45, 2.75) is 25.4 Å². The number of nitrogens with two attached hydrogens (primary N) is 1. The van der Waals surface area contributed by atoms with Crippen LogP contribution in [0.1, 0.15) is 30.9 Å². The molecule has 4 heteroatoms. The van der Waals surface area contributed by atoms with Crippen molar-refractivity contribution in [2.24, 2.45) is 5.73 Å². The predicted molar refractivity (Wildman–Crippen MR) is 65.7 cm³/mol. The Morgan fingerprint density at radius 3 is 2.47 bits per heavy atom. The number of rotatable bonds is 3. The van der Waals surface area contributed by atoms with E-state index in [1.54, 1.807) is 0 Å². The SMILES string of the molecule is CC(C)c1ccc(C2(CN)CNC(=O)O2)cc1. The van der Waals surface area contributed by atoms with Crippen LogP contribution in [0.4, 0.5) is 4.79 Å². The molecule has 1 aromatic rings. The number of amides is 1. The first-order valence-electron chi connectivity index (χ1n) is 5.85. The molecule has 1 saturated heterocycles. The average molecular weight is 234 g/mol. The quantitative estimate of drug-likeness (QED) is 0.836. The zero-order valence-electron chi connectivity index (χ0n) is 10.2. The first-order valence-corrected chi connectivity index (χ1v) is 5.85. The van der Waals surface area contributed by atoms with Crippen LogP contribution >= 0.6 is 0 Å². The molecule has 1 heterocycles. The summed E-state index contributed by atoms with van der Waals surface area (Å²) >= 11 is 0. The highest BCUT2D eigenvalue weighted by molar-refractivity contribution is 5.70. The van der Waals surface area contributed by atoms with Crippen molar-refractivity contribution in [3.8, 4) is 0 Å². The third-order valence-corrected chi connectivity index (χ3v) is 3.24. The van der Waals surface area contributed by atoms with E-state index in [4.69, 9.17) is 10.5 Å². The fourth-order valence-electron chi connectivity index (χ4n) is 2.03. The summed E-state index contributed by atoms with van der Waals surface area (Å²) in [5.41, 5.74) is 7.25. The summed E-state index contributed by atoms with van der Waals surface area (Å²) < 4.78 is 5.31. The molecule has 0 aliphatic carbocycles. The summed E-state index contributed by atoms with van der Waals surface area (Å²) in [5.74, 6) is 0.488. The molecule has 1 aliphatic heterocycles. The minimum Gasteiger partial charge on any atom is -0.435 e. The van der Waals surface area contributed by atoms with Gasteiger partial charge in [0, 0.05) is 6.54 Å². The fraction of sp³-hybridized carbons (Fsp3) is 0.462. The Hall–Kier alpha value is -1.55. The minimum atomic E-state index is -0.702. The van der Waals surface area contributed by atoms with Gasteiger partial charge in [0.05, 0.1) is 6.54 Å². The molecule has 0 radical (unpaired) electrons. The molecule has 0 spiro atoms. The summed E-state index contributed by atoms with van der Waals surface area (Å²) in [6.45, 7) is 5.01. The van der Waals surface area contributed by atoms with Gasteiger partial charge in [-0.25, -0.2) is 4.79 Å². The molecule has 1 unspecified atom stereocenters. The molecule has 2 rings (SSSR count). The van der Waals surface area contributed by atoms with Gasteiger partial charge in [0.1, 0.15) is 0 Å². The Kier molecular flexibility index (Phi) is 3.07. The second kappa shape index (κ2) is 4.37. The normalized spacial score (nSPS) is 23.6. The zero-order chi connectivity index (χ0) is 12.5. The molecule has 17 heavy (non-hydrogen) atoms. The number of alkyl carbamates (subject to hydrolysis) is 1. The van der Waals surface area contributed by atoms with Crippen molar-refractivity contribution in [1.82, 2.24) is 5.32 Å². The highest BCUT2D eigenvalue weighted by atomic mass is 16.6. The highest BCUT2D eigenvalue weighted by Crippen LogP contribution is 2.29. The van der Waals surface area contributed by atoms with Crippen LogP contribution in [-0.2, 0) is 10.3 Å². The van der Waals surface area contributed by atoms with Crippen LogP contribution in [-0.4, -0.2) is 19.2 Å². The number of hydrogen-bond acceptors (Lipinski definition) is 3. The molecule has 1 fully saturated rings. The lowest BCUT2D eigenvalue weighted by atomic mass is 9.91. The largest absolute Gasteiger partial charge is 0.435 e. The fourth-order valence-corrected chi connectivity index (χ4v) is 2.03. The lowest BCUT2D eigenvalue weighted by molar-refractivity contribution is 0.0617. The summed E-state index contributed by atoms with van der Waals surface area (Å²) in [4.78, 5) is 11.2. The second-order valence-corrected chi connectivity index (χ2v) is 4.72. The second-order valence-electron chi connectivity index (χ2n) is 4.72. The van der Waals surface area contributed by atoms with Crippen molar-refractivity contribution in [1.29, 1.82) is 0 Å². The summed E-state index contributed by atoms with van der Waals surface area (Å²) in [6.07, 6.45) is -0.400. The highest BCUT2D eigenvalue weighted by Gasteiger charge is 2.40.